The van der Waals surface area contributed by atoms with Gasteiger partial charge < -0.3 is 4.57 Å². The van der Waals surface area contributed by atoms with Crippen LogP contribution in [0.25, 0.3) is 195 Å². The van der Waals surface area contributed by atoms with E-state index < -0.39 is 5.41 Å². The first-order valence-corrected chi connectivity index (χ1v) is 43.8. The highest BCUT2D eigenvalue weighted by molar-refractivity contribution is 6.12. The highest BCUT2D eigenvalue weighted by atomic mass is 15.0. The summed E-state index contributed by atoms with van der Waals surface area (Å²) in [7, 11) is 0. The topological polar surface area (TPSA) is 160 Å². The van der Waals surface area contributed by atoms with Gasteiger partial charge in [0.15, 0.2) is 0 Å². The van der Waals surface area contributed by atoms with E-state index in [1.54, 1.807) is 49.6 Å². The monoisotopic (exact) mass is 1680 g/mol. The molecule has 13 heteroatoms. The zero-order valence-electron chi connectivity index (χ0n) is 71.5. The maximum absolute atomic E-state index is 5.06. The van der Waals surface area contributed by atoms with Crippen molar-refractivity contribution in [1.29, 1.82) is 0 Å². The van der Waals surface area contributed by atoms with E-state index in [1.807, 2.05) is 48.5 Å². The third-order valence-corrected chi connectivity index (χ3v) is 25.7. The van der Waals surface area contributed by atoms with Crippen molar-refractivity contribution in [3.8, 4) is 174 Å². The summed E-state index contributed by atoms with van der Waals surface area (Å²) in [6.07, 6.45) is 20.5. The minimum Gasteiger partial charge on any atom is -0.309 e. The molecule has 22 aromatic rings. The maximum Gasteiger partial charge on any atom is 0.115 e. The van der Waals surface area contributed by atoms with Gasteiger partial charge in [0.25, 0.3) is 0 Å². The Morgan fingerprint density at radius 1 is 0.191 bits per heavy atom. The second-order valence-corrected chi connectivity index (χ2v) is 33.8. The predicted molar refractivity (Wildman–Crippen MR) is 526 cm³/mol. The first-order valence-electron chi connectivity index (χ1n) is 43.8. The largest absolute Gasteiger partial charge is 0.309 e. The molecule has 0 N–H and O–H groups in total. The van der Waals surface area contributed by atoms with Crippen molar-refractivity contribution in [3.05, 3.63) is 478 Å². The molecule has 616 valence electrons. The minimum atomic E-state index is -0.519. The van der Waals surface area contributed by atoms with Crippen LogP contribution in [0.1, 0.15) is 47.2 Å². The Kier molecular flexibility index (Phi) is 19.8. The van der Waals surface area contributed by atoms with Gasteiger partial charge in [-0.1, -0.05) is 250 Å². The minimum absolute atomic E-state index is 0.146. The number of fused-ring (bicyclic) bond motifs is 9. The van der Waals surface area contributed by atoms with E-state index in [0.717, 1.165) is 157 Å². The summed E-state index contributed by atoms with van der Waals surface area (Å²) in [6, 6.07) is 134. The molecule has 2 aliphatic carbocycles. The molecule has 13 nitrogen and oxygen atoms in total. The lowest BCUT2D eigenvalue weighted by molar-refractivity contribution is 0.661. The summed E-state index contributed by atoms with van der Waals surface area (Å²) in [6.45, 7) is 4.71. The van der Waals surface area contributed by atoms with E-state index in [2.05, 4.69) is 380 Å². The number of hydrogen-bond acceptors (Lipinski definition) is 12. The lowest BCUT2D eigenvalue weighted by Crippen LogP contribution is -2.28. The van der Waals surface area contributed by atoms with Crippen LogP contribution < -0.4 is 0 Å². The smallest absolute Gasteiger partial charge is 0.115 e. The Morgan fingerprint density at radius 3 is 0.916 bits per heavy atom. The van der Waals surface area contributed by atoms with Crippen LogP contribution in [-0.2, 0) is 10.8 Å². The van der Waals surface area contributed by atoms with E-state index in [1.165, 1.54) is 97.2 Å². The number of pyridine rings is 4. The van der Waals surface area contributed by atoms with Crippen LogP contribution in [0.15, 0.2) is 445 Å². The molecule has 0 aliphatic heterocycles. The maximum atomic E-state index is 5.06. The van der Waals surface area contributed by atoms with E-state index in [-0.39, 0.29) is 5.41 Å². The van der Waals surface area contributed by atoms with Crippen molar-refractivity contribution >= 4 is 21.8 Å². The van der Waals surface area contributed by atoms with Crippen LogP contribution >= 0.6 is 0 Å². The Balaban J connectivity index is 0.000000149. The first kappa shape index (κ1) is 78.3. The molecule has 131 heavy (non-hydrogen) atoms. The van der Waals surface area contributed by atoms with E-state index in [4.69, 9.17) is 19.9 Å². The molecule has 0 spiro atoms. The second-order valence-electron chi connectivity index (χ2n) is 33.8. The normalized spacial score (nSPS) is 12.5. The number of rotatable bonds is 16. The third kappa shape index (κ3) is 14.5. The molecule has 2 aliphatic rings. The molecular formula is C118H79N13. The molecule has 9 aromatic heterocycles. The summed E-state index contributed by atoms with van der Waals surface area (Å²) in [5.41, 5.74) is 41.0. The SMILES string of the molecule is CC1(C)c2ccccc2-c2cc3c4ccccc4n(-c4cc(-c5cccc(-c6cccc(-c7cncnc7)n6)c5)cc(-c5cccc(-c6cccc(-c7cncnc7)n6)c5)c4)c3cc21.c1ccc(C2(c3ccccc3)c3ccccc3-c3ccc(-c4cc(-c5cccc(-c6cccc(-c7cncnc7)n6)c5)cc(-c5cccc(-c6cccc(-c7cncnc7)n6)c5)c4)cc32)cc1. The van der Waals surface area contributed by atoms with Gasteiger partial charge >= 0.3 is 0 Å². The molecular weight excluding hydrogens is 1600 g/mol. The van der Waals surface area contributed by atoms with E-state index in [0.29, 0.717) is 0 Å². The molecule has 13 aromatic carbocycles. The van der Waals surface area contributed by atoms with Crippen LogP contribution in [0.3, 0.4) is 0 Å². The predicted octanol–water partition coefficient (Wildman–Crippen LogP) is 27.6. The molecule has 9 heterocycles. The molecule has 24 rings (SSSR count). The second kappa shape index (κ2) is 33.2. The summed E-state index contributed by atoms with van der Waals surface area (Å²) < 4.78 is 2.46. The van der Waals surface area contributed by atoms with Gasteiger partial charge in [0, 0.05) is 116 Å². The van der Waals surface area contributed by atoms with Gasteiger partial charge in [-0.3, -0.25) is 0 Å². The molecule has 0 atom stereocenters. The highest BCUT2D eigenvalue weighted by Crippen LogP contribution is 2.58. The molecule has 0 unspecified atom stereocenters. The van der Waals surface area contributed by atoms with Gasteiger partial charge in [0.05, 0.1) is 62.0 Å². The van der Waals surface area contributed by atoms with Gasteiger partial charge in [-0.15, -0.1) is 0 Å². The Bertz CT molecular complexity index is 7800. The summed E-state index contributed by atoms with van der Waals surface area (Å²) in [5.74, 6) is 0. The fraction of sp³-hybridized carbons (Fsp3) is 0.0339. The van der Waals surface area contributed by atoms with Gasteiger partial charge in [-0.25, -0.2) is 59.8 Å². The molecule has 0 saturated heterocycles. The van der Waals surface area contributed by atoms with Crippen LogP contribution in [0, 0.1) is 0 Å². The van der Waals surface area contributed by atoms with E-state index >= 15 is 0 Å². The van der Waals surface area contributed by atoms with Crippen LogP contribution in [0.5, 0.6) is 0 Å². The van der Waals surface area contributed by atoms with Crippen LogP contribution in [0.2, 0.25) is 0 Å². The zero-order chi connectivity index (χ0) is 87.4. The number of para-hydroxylation sites is 1. The lowest BCUT2D eigenvalue weighted by Gasteiger charge is -2.34. The Labute approximate surface area is 757 Å². The number of hydrogen-bond donors (Lipinski definition) is 0. The quantitative estimate of drug-likeness (QED) is 0.0902. The summed E-state index contributed by atoms with van der Waals surface area (Å²) in [4.78, 5) is 54.1. The third-order valence-electron chi connectivity index (χ3n) is 25.7. The molecule has 0 radical (unpaired) electrons. The zero-order valence-corrected chi connectivity index (χ0v) is 71.5. The average molecular weight is 1680 g/mol. The van der Waals surface area contributed by atoms with Crippen molar-refractivity contribution in [2.75, 3.05) is 0 Å². The van der Waals surface area contributed by atoms with Crippen LogP contribution in [0.4, 0.5) is 0 Å². The van der Waals surface area contributed by atoms with Crippen molar-refractivity contribution in [1.82, 2.24) is 64.4 Å². The number of aromatic nitrogens is 13. The first-order chi connectivity index (χ1) is 64.6. The Hall–Kier alpha value is -17.4. The summed E-state index contributed by atoms with van der Waals surface area (Å²) in [5, 5.41) is 2.46. The Morgan fingerprint density at radius 2 is 0.504 bits per heavy atom. The van der Waals surface area contributed by atoms with Gasteiger partial charge in [0.2, 0.25) is 0 Å². The van der Waals surface area contributed by atoms with Crippen molar-refractivity contribution in [3.63, 3.8) is 0 Å². The number of benzene rings is 13. The van der Waals surface area contributed by atoms with Gasteiger partial charge in [-0.2, -0.15) is 0 Å². The molecule has 0 fully saturated rings. The fourth-order valence-electron chi connectivity index (χ4n) is 19.4. The highest BCUT2D eigenvalue weighted by Gasteiger charge is 2.46. The lowest BCUT2D eigenvalue weighted by atomic mass is 9.67. The molecule has 0 bridgehead atoms. The average Bonchev–Trinajstić information content (AvgIpc) is 1.55. The van der Waals surface area contributed by atoms with Gasteiger partial charge in [0.1, 0.15) is 25.3 Å². The standard InChI is InChI=1S/C61H40N6.C57H39N7/c1-3-17-51(18-4-1)61(52-19-5-2-6-20-52)55-22-8-7-21-53(55)54-28-27-43(34-56(54)61)48-32-46(41-13-9-15-44(29-41)57-23-11-25-59(66-57)49-35-62-39-63-36-49)31-47(33-48)42-14-10-16-45(30-42)58-24-12-26-60(67-58)50-37-64-40-65-38-50;1-57(2)49-17-5-3-15-45(49)47-28-48-46-16-4-6-22-55(46)64(56(48)29-50(47)57)44-26-40(36-11-7-13-38(23-36)51-18-9-20-53(62-51)42-30-58-34-59-31-42)25-41(27-44)37-12-8-14-39(24-37)52-19-10-21-54(63-52)43-32-60-35-61-33-43/h1-40H;3-35H,1-2H3. The summed E-state index contributed by atoms with van der Waals surface area (Å²) >= 11 is 0. The van der Waals surface area contributed by atoms with Crippen LogP contribution in [-0.4, -0.2) is 64.4 Å². The van der Waals surface area contributed by atoms with E-state index in [9.17, 15) is 0 Å². The van der Waals surface area contributed by atoms with Crippen molar-refractivity contribution < 1.29 is 0 Å². The van der Waals surface area contributed by atoms with Crippen molar-refractivity contribution in [2.45, 2.75) is 24.7 Å². The number of nitrogens with zero attached hydrogens (tertiary/aromatic N) is 13. The van der Waals surface area contributed by atoms with Gasteiger partial charge in [-0.05, 0) is 245 Å². The molecule has 0 saturated carbocycles. The van der Waals surface area contributed by atoms with Crippen molar-refractivity contribution in [2.24, 2.45) is 0 Å². The fourth-order valence-corrected chi connectivity index (χ4v) is 19.4. The molecule has 0 amide bonds.